The summed E-state index contributed by atoms with van der Waals surface area (Å²) in [5, 5.41) is 1.65. The highest BCUT2D eigenvalue weighted by Gasteiger charge is 2.55. The Morgan fingerprint density at radius 1 is 1.14 bits per heavy atom. The van der Waals surface area contributed by atoms with Crippen molar-refractivity contribution in [2.24, 2.45) is 5.41 Å². The van der Waals surface area contributed by atoms with Gasteiger partial charge >= 0.3 is 0 Å². The topological polar surface area (TPSA) is 18.5 Å². The zero-order valence-electron chi connectivity index (χ0n) is 12.2. The van der Waals surface area contributed by atoms with E-state index in [-0.39, 0.29) is 6.29 Å². The van der Waals surface area contributed by atoms with Gasteiger partial charge in [0, 0.05) is 22.3 Å². The molecule has 2 heterocycles. The number of benzene rings is 1. The van der Waals surface area contributed by atoms with Crippen LogP contribution in [0.4, 0.5) is 0 Å². The Bertz CT molecular complexity index is 463. The van der Waals surface area contributed by atoms with E-state index in [9.17, 15) is 0 Å². The second kappa shape index (κ2) is 6.15. The van der Waals surface area contributed by atoms with Crippen LogP contribution in [0.15, 0.2) is 30.3 Å². The molecule has 0 aromatic heterocycles. The average Bonchev–Trinajstić information content (AvgIpc) is 2.73. The number of ether oxygens (including phenoxy) is 2. The molecule has 2 aliphatic heterocycles. The Hall–Kier alpha value is -0.160. The van der Waals surface area contributed by atoms with Gasteiger partial charge in [-0.1, -0.05) is 58.3 Å². The average molecular weight is 322 g/mol. The Morgan fingerprint density at radius 3 is 2.67 bits per heavy atom. The van der Waals surface area contributed by atoms with Crippen molar-refractivity contribution in [2.45, 2.75) is 55.5 Å². The summed E-state index contributed by atoms with van der Waals surface area (Å²) in [6, 6.07) is 10.4. The molecule has 3 atom stereocenters. The van der Waals surface area contributed by atoms with Gasteiger partial charge < -0.3 is 9.47 Å². The molecule has 1 aliphatic carbocycles. The van der Waals surface area contributed by atoms with E-state index in [2.05, 4.69) is 45.9 Å². The van der Waals surface area contributed by atoms with Gasteiger partial charge in [0.25, 0.3) is 0 Å². The molecule has 0 amide bonds. The van der Waals surface area contributed by atoms with Gasteiger partial charge in [0.1, 0.15) is 0 Å². The monoisotopic (exact) mass is 322 g/mol. The molecule has 4 heteroatoms. The van der Waals surface area contributed by atoms with Gasteiger partial charge in [-0.2, -0.15) is 0 Å². The lowest BCUT2D eigenvalue weighted by Crippen LogP contribution is -2.48. The summed E-state index contributed by atoms with van der Waals surface area (Å²) >= 11 is 0. The molecule has 2 saturated heterocycles. The summed E-state index contributed by atoms with van der Waals surface area (Å²) in [6.07, 6.45) is 6.50. The fourth-order valence-corrected chi connectivity index (χ4v) is 8.55. The minimum atomic E-state index is -0.0126. The fourth-order valence-electron chi connectivity index (χ4n) is 4.00. The second-order valence-corrected chi connectivity index (χ2v) is 9.06. The van der Waals surface area contributed by atoms with Gasteiger partial charge in [-0.25, -0.2) is 0 Å². The van der Waals surface area contributed by atoms with Crippen LogP contribution in [0.2, 0.25) is 0 Å². The SMILES string of the molecule is c1ccc(CO[C@@H]2CC3(CCO2)C2CCCC3SS2)cc1. The second-order valence-electron chi connectivity index (χ2n) is 6.38. The zero-order valence-corrected chi connectivity index (χ0v) is 13.8. The van der Waals surface area contributed by atoms with E-state index in [1.807, 2.05) is 6.07 Å². The molecule has 21 heavy (non-hydrogen) atoms. The minimum Gasteiger partial charge on any atom is -0.353 e. The van der Waals surface area contributed by atoms with E-state index in [4.69, 9.17) is 9.47 Å². The van der Waals surface area contributed by atoms with Crippen molar-refractivity contribution in [2.75, 3.05) is 6.61 Å². The first-order chi connectivity index (χ1) is 10.4. The van der Waals surface area contributed by atoms with Crippen LogP contribution in [0.25, 0.3) is 0 Å². The lowest BCUT2D eigenvalue weighted by molar-refractivity contribution is -0.199. The van der Waals surface area contributed by atoms with Crippen LogP contribution >= 0.6 is 21.6 Å². The number of hydrogen-bond acceptors (Lipinski definition) is 4. The number of rotatable bonds is 3. The van der Waals surface area contributed by atoms with Crippen LogP contribution in [0.1, 0.15) is 37.7 Å². The quantitative estimate of drug-likeness (QED) is 0.754. The first-order valence-corrected chi connectivity index (χ1v) is 10.2. The molecule has 3 aliphatic rings. The van der Waals surface area contributed by atoms with Gasteiger partial charge in [0.05, 0.1) is 13.2 Å². The maximum Gasteiger partial charge on any atom is 0.158 e. The summed E-state index contributed by atoms with van der Waals surface area (Å²) in [4.78, 5) is 0. The third-order valence-electron chi connectivity index (χ3n) is 5.20. The summed E-state index contributed by atoms with van der Waals surface area (Å²) in [5.74, 6) is 0. The Morgan fingerprint density at radius 2 is 1.90 bits per heavy atom. The normalized spacial score (nSPS) is 38.8. The largest absolute Gasteiger partial charge is 0.353 e. The maximum absolute atomic E-state index is 6.08. The molecule has 2 nitrogen and oxygen atoms in total. The molecule has 2 unspecified atom stereocenters. The van der Waals surface area contributed by atoms with Crippen molar-refractivity contribution in [1.82, 2.24) is 0 Å². The molecule has 2 bridgehead atoms. The van der Waals surface area contributed by atoms with Gasteiger partial charge in [-0.05, 0) is 24.8 Å². The molecule has 1 aromatic rings. The van der Waals surface area contributed by atoms with Gasteiger partial charge in [0.2, 0.25) is 0 Å². The van der Waals surface area contributed by atoms with Crippen molar-refractivity contribution in [1.29, 1.82) is 0 Å². The standard InChI is InChI=1S/C17H22O2S2/c1-2-5-13(6-3-1)12-19-16-11-17(9-10-18-16)14-7-4-8-15(17)21-20-14/h1-3,5-6,14-16H,4,7-12H2/t14?,15?,16-,17?/m1/s1. The van der Waals surface area contributed by atoms with E-state index in [0.29, 0.717) is 12.0 Å². The molecular weight excluding hydrogens is 300 g/mol. The lowest BCUT2D eigenvalue weighted by Gasteiger charge is -2.46. The van der Waals surface area contributed by atoms with Gasteiger partial charge in [-0.3, -0.25) is 0 Å². The molecule has 0 N–H and O–H groups in total. The van der Waals surface area contributed by atoms with Crippen molar-refractivity contribution in [3.63, 3.8) is 0 Å². The van der Waals surface area contributed by atoms with Crippen LogP contribution in [0, 0.1) is 5.41 Å². The van der Waals surface area contributed by atoms with E-state index >= 15 is 0 Å². The molecule has 1 spiro atoms. The third-order valence-corrected chi connectivity index (χ3v) is 8.91. The van der Waals surface area contributed by atoms with Crippen LogP contribution in [-0.4, -0.2) is 23.4 Å². The van der Waals surface area contributed by atoms with Crippen LogP contribution in [-0.2, 0) is 16.1 Å². The summed E-state index contributed by atoms with van der Waals surface area (Å²) < 4.78 is 12.0. The molecule has 1 aromatic carbocycles. The first kappa shape index (κ1) is 14.4. The van der Waals surface area contributed by atoms with Gasteiger partial charge in [0.15, 0.2) is 6.29 Å². The predicted molar refractivity (Wildman–Crippen MR) is 89.2 cm³/mol. The van der Waals surface area contributed by atoms with Crippen molar-refractivity contribution >= 4 is 21.6 Å². The van der Waals surface area contributed by atoms with E-state index in [1.165, 1.54) is 31.2 Å². The minimum absolute atomic E-state index is 0.0126. The molecule has 3 fully saturated rings. The molecule has 0 radical (unpaired) electrons. The summed E-state index contributed by atoms with van der Waals surface area (Å²) in [5.41, 5.74) is 1.71. The molecule has 114 valence electrons. The summed E-state index contributed by atoms with van der Waals surface area (Å²) in [6.45, 7) is 1.53. The van der Waals surface area contributed by atoms with E-state index in [1.54, 1.807) is 0 Å². The van der Waals surface area contributed by atoms with E-state index < -0.39 is 0 Å². The maximum atomic E-state index is 6.08. The Kier molecular flexibility index (Phi) is 4.23. The molecule has 4 rings (SSSR count). The molecule has 1 saturated carbocycles. The third kappa shape index (κ3) is 2.76. The lowest BCUT2D eigenvalue weighted by atomic mass is 9.68. The van der Waals surface area contributed by atoms with Crippen molar-refractivity contribution in [3.05, 3.63) is 35.9 Å². The summed E-state index contributed by atoms with van der Waals surface area (Å²) in [7, 11) is 4.28. The number of hydrogen-bond donors (Lipinski definition) is 0. The Balaban J connectivity index is 1.41. The van der Waals surface area contributed by atoms with Crippen LogP contribution in [0.3, 0.4) is 0 Å². The predicted octanol–water partition coefficient (Wildman–Crippen LogP) is 4.64. The van der Waals surface area contributed by atoms with Crippen molar-refractivity contribution in [3.8, 4) is 0 Å². The van der Waals surface area contributed by atoms with E-state index in [0.717, 1.165) is 23.5 Å². The fraction of sp³-hybridized carbons (Fsp3) is 0.647. The smallest absolute Gasteiger partial charge is 0.158 e. The highest BCUT2D eigenvalue weighted by Crippen LogP contribution is 2.65. The zero-order chi connectivity index (χ0) is 14.1. The highest BCUT2D eigenvalue weighted by molar-refractivity contribution is 8.77. The first-order valence-electron chi connectivity index (χ1n) is 7.96. The Labute approximate surface area is 134 Å². The van der Waals surface area contributed by atoms with Gasteiger partial charge in [-0.15, -0.1) is 0 Å². The van der Waals surface area contributed by atoms with Crippen LogP contribution in [0.5, 0.6) is 0 Å². The highest BCUT2D eigenvalue weighted by atomic mass is 33.1. The molecular formula is C17H22O2S2. The van der Waals surface area contributed by atoms with Crippen LogP contribution < -0.4 is 0 Å². The van der Waals surface area contributed by atoms with Crippen molar-refractivity contribution < 1.29 is 9.47 Å².